The van der Waals surface area contributed by atoms with E-state index in [-0.39, 0.29) is 23.6 Å². The number of hydrogen-bond donors (Lipinski definition) is 2. The Balaban J connectivity index is 2.31. The SMILES string of the molecule is CCC(=O)Nc1ccc(C=Cc2ccc(Cl)cc2Cl)cc1C(=O)O. The minimum Gasteiger partial charge on any atom is -0.478 e. The van der Waals surface area contributed by atoms with Crippen LogP contribution in [0.3, 0.4) is 0 Å². The number of carboxylic acid groups (broad SMARTS) is 1. The number of nitrogens with one attached hydrogen (secondary N) is 1. The molecule has 2 N–H and O–H groups in total. The predicted molar refractivity (Wildman–Crippen MR) is 97.7 cm³/mol. The first kappa shape index (κ1) is 18.0. The van der Waals surface area contributed by atoms with Gasteiger partial charge in [-0.15, -0.1) is 0 Å². The van der Waals surface area contributed by atoms with Gasteiger partial charge in [0.25, 0.3) is 0 Å². The first-order chi connectivity index (χ1) is 11.4. The highest BCUT2D eigenvalue weighted by Crippen LogP contribution is 2.24. The number of rotatable bonds is 5. The molecule has 4 nitrogen and oxygen atoms in total. The molecule has 24 heavy (non-hydrogen) atoms. The maximum absolute atomic E-state index is 11.5. The Labute approximate surface area is 149 Å². The molecule has 2 rings (SSSR count). The van der Waals surface area contributed by atoms with Crippen LogP contribution in [-0.2, 0) is 4.79 Å². The first-order valence-electron chi connectivity index (χ1n) is 7.21. The average Bonchev–Trinajstić information content (AvgIpc) is 2.54. The summed E-state index contributed by atoms with van der Waals surface area (Å²) in [6, 6.07) is 9.91. The Morgan fingerprint density at radius 1 is 1.12 bits per heavy atom. The molecule has 0 heterocycles. The number of carboxylic acids is 1. The molecule has 0 atom stereocenters. The lowest BCUT2D eigenvalue weighted by atomic mass is 10.1. The summed E-state index contributed by atoms with van der Waals surface area (Å²) in [4.78, 5) is 22.9. The summed E-state index contributed by atoms with van der Waals surface area (Å²) in [6.07, 6.45) is 3.78. The number of benzene rings is 2. The second-order valence-corrected chi connectivity index (χ2v) is 5.85. The third kappa shape index (κ3) is 4.60. The van der Waals surface area contributed by atoms with E-state index in [2.05, 4.69) is 5.32 Å². The van der Waals surface area contributed by atoms with Crippen LogP contribution in [0.25, 0.3) is 12.2 Å². The van der Waals surface area contributed by atoms with Gasteiger partial charge in [0.05, 0.1) is 11.3 Å². The lowest BCUT2D eigenvalue weighted by Gasteiger charge is -2.08. The van der Waals surface area contributed by atoms with Crippen molar-refractivity contribution in [3.8, 4) is 0 Å². The fourth-order valence-electron chi connectivity index (χ4n) is 2.01. The normalized spacial score (nSPS) is 10.8. The molecule has 0 radical (unpaired) electrons. The summed E-state index contributed by atoms with van der Waals surface area (Å²) < 4.78 is 0. The van der Waals surface area contributed by atoms with Crippen LogP contribution in [0.4, 0.5) is 5.69 Å². The molecule has 0 saturated carbocycles. The highest BCUT2D eigenvalue weighted by Gasteiger charge is 2.12. The van der Waals surface area contributed by atoms with Crippen molar-refractivity contribution in [2.45, 2.75) is 13.3 Å². The van der Waals surface area contributed by atoms with Crippen molar-refractivity contribution < 1.29 is 14.7 Å². The number of carbonyl (C=O) groups excluding carboxylic acids is 1. The fraction of sp³-hybridized carbons (Fsp3) is 0.111. The Bertz CT molecular complexity index is 816. The third-order valence-electron chi connectivity index (χ3n) is 3.29. The summed E-state index contributed by atoms with van der Waals surface area (Å²) in [5, 5.41) is 12.9. The topological polar surface area (TPSA) is 66.4 Å². The smallest absolute Gasteiger partial charge is 0.337 e. The van der Waals surface area contributed by atoms with Gasteiger partial charge in [0.1, 0.15) is 0 Å². The predicted octanol–water partition coefficient (Wildman–Crippen LogP) is 5.21. The summed E-state index contributed by atoms with van der Waals surface area (Å²) in [7, 11) is 0. The molecule has 0 unspecified atom stereocenters. The molecule has 124 valence electrons. The highest BCUT2D eigenvalue weighted by atomic mass is 35.5. The van der Waals surface area contributed by atoms with Crippen molar-refractivity contribution in [2.24, 2.45) is 0 Å². The van der Waals surface area contributed by atoms with Gasteiger partial charge in [-0.25, -0.2) is 4.79 Å². The minimum absolute atomic E-state index is 0.0288. The van der Waals surface area contributed by atoms with Gasteiger partial charge in [0, 0.05) is 16.5 Å². The number of aromatic carboxylic acids is 1. The lowest BCUT2D eigenvalue weighted by Crippen LogP contribution is -2.13. The second-order valence-electron chi connectivity index (χ2n) is 5.01. The number of halogens is 2. The third-order valence-corrected chi connectivity index (χ3v) is 3.85. The van der Waals surface area contributed by atoms with Crippen LogP contribution in [0.15, 0.2) is 36.4 Å². The lowest BCUT2D eigenvalue weighted by molar-refractivity contribution is -0.115. The molecule has 0 saturated heterocycles. The van der Waals surface area contributed by atoms with Crippen molar-refractivity contribution in [1.29, 1.82) is 0 Å². The monoisotopic (exact) mass is 363 g/mol. The Morgan fingerprint density at radius 2 is 1.88 bits per heavy atom. The largest absolute Gasteiger partial charge is 0.478 e. The minimum atomic E-state index is -1.11. The van der Waals surface area contributed by atoms with Gasteiger partial charge in [0.2, 0.25) is 5.91 Å². The van der Waals surface area contributed by atoms with Gasteiger partial charge >= 0.3 is 5.97 Å². The quantitative estimate of drug-likeness (QED) is 0.716. The van der Waals surface area contributed by atoms with Crippen LogP contribution in [0.2, 0.25) is 10.0 Å². The highest BCUT2D eigenvalue weighted by molar-refractivity contribution is 6.35. The van der Waals surface area contributed by atoms with Crippen molar-refractivity contribution in [3.05, 3.63) is 63.1 Å². The van der Waals surface area contributed by atoms with E-state index in [9.17, 15) is 14.7 Å². The molecule has 0 aliphatic carbocycles. The molecule has 2 aromatic rings. The van der Waals surface area contributed by atoms with Crippen LogP contribution in [0.1, 0.15) is 34.8 Å². The van der Waals surface area contributed by atoms with Gasteiger partial charge in [-0.05, 0) is 35.4 Å². The summed E-state index contributed by atoms with van der Waals surface area (Å²) in [6.45, 7) is 1.70. The zero-order valence-corrected chi connectivity index (χ0v) is 14.4. The van der Waals surface area contributed by atoms with Crippen LogP contribution in [-0.4, -0.2) is 17.0 Å². The summed E-state index contributed by atoms with van der Waals surface area (Å²) in [5.41, 5.74) is 1.74. The van der Waals surface area contributed by atoms with Crippen LogP contribution in [0.5, 0.6) is 0 Å². The van der Waals surface area contributed by atoms with E-state index in [1.165, 1.54) is 6.07 Å². The zero-order chi connectivity index (χ0) is 17.7. The zero-order valence-electron chi connectivity index (χ0n) is 12.8. The molecule has 1 amide bonds. The van der Waals surface area contributed by atoms with Gasteiger partial charge in [-0.2, -0.15) is 0 Å². The van der Waals surface area contributed by atoms with E-state index in [1.54, 1.807) is 49.4 Å². The van der Waals surface area contributed by atoms with Crippen LogP contribution >= 0.6 is 23.2 Å². The van der Waals surface area contributed by atoms with Crippen molar-refractivity contribution in [2.75, 3.05) is 5.32 Å². The van der Waals surface area contributed by atoms with Gasteiger partial charge in [-0.3, -0.25) is 4.79 Å². The number of hydrogen-bond acceptors (Lipinski definition) is 2. The van der Waals surface area contributed by atoms with E-state index in [1.807, 2.05) is 0 Å². The molecule has 0 aliphatic rings. The van der Waals surface area contributed by atoms with E-state index in [4.69, 9.17) is 23.2 Å². The van der Waals surface area contributed by atoms with Crippen LogP contribution < -0.4 is 5.32 Å². The van der Waals surface area contributed by atoms with Crippen molar-refractivity contribution >= 4 is 52.9 Å². The van der Waals surface area contributed by atoms with Crippen molar-refractivity contribution in [1.82, 2.24) is 0 Å². The van der Waals surface area contributed by atoms with Gasteiger partial charge in [-0.1, -0.05) is 54.4 Å². The maximum Gasteiger partial charge on any atom is 0.337 e. The molecule has 0 spiro atoms. The van der Waals surface area contributed by atoms with Crippen molar-refractivity contribution in [3.63, 3.8) is 0 Å². The van der Waals surface area contributed by atoms with Crippen LogP contribution in [0, 0.1) is 0 Å². The second kappa shape index (κ2) is 7.99. The van der Waals surface area contributed by atoms with E-state index in [0.29, 0.717) is 15.6 Å². The first-order valence-corrected chi connectivity index (χ1v) is 7.96. The fourth-order valence-corrected chi connectivity index (χ4v) is 2.48. The number of anilines is 1. The summed E-state index contributed by atoms with van der Waals surface area (Å²) in [5.74, 6) is -1.35. The Kier molecular flexibility index (Phi) is 6.01. The number of carbonyl (C=O) groups is 2. The van der Waals surface area contributed by atoms with E-state index >= 15 is 0 Å². The van der Waals surface area contributed by atoms with Gasteiger partial charge in [0.15, 0.2) is 0 Å². The standard InChI is InChI=1S/C18H15Cl2NO3/c1-2-17(22)21-16-8-4-11(9-14(16)18(23)24)3-5-12-6-7-13(19)10-15(12)20/h3-10H,2H2,1H3,(H,21,22)(H,23,24). The Morgan fingerprint density at radius 3 is 2.50 bits per heavy atom. The van der Waals surface area contributed by atoms with E-state index in [0.717, 1.165) is 5.56 Å². The average molecular weight is 364 g/mol. The van der Waals surface area contributed by atoms with Gasteiger partial charge < -0.3 is 10.4 Å². The molecular weight excluding hydrogens is 349 g/mol. The molecule has 0 fully saturated rings. The molecule has 2 aromatic carbocycles. The molecular formula is C18H15Cl2NO3. The molecule has 6 heteroatoms. The Hall–Kier alpha value is -2.30. The van der Waals surface area contributed by atoms with E-state index < -0.39 is 5.97 Å². The number of amides is 1. The molecule has 0 aromatic heterocycles. The molecule has 0 bridgehead atoms. The molecule has 0 aliphatic heterocycles. The maximum atomic E-state index is 11.5. The summed E-state index contributed by atoms with van der Waals surface area (Å²) >= 11 is 12.0.